The van der Waals surface area contributed by atoms with Gasteiger partial charge in [0.25, 0.3) is 0 Å². The molecule has 2 aliphatic rings. The van der Waals surface area contributed by atoms with Gasteiger partial charge in [-0.25, -0.2) is 10.8 Å². The van der Waals surface area contributed by atoms with Crippen LogP contribution in [0.1, 0.15) is 19.3 Å². The van der Waals surface area contributed by atoms with E-state index in [9.17, 15) is 10.1 Å². The summed E-state index contributed by atoms with van der Waals surface area (Å²) >= 11 is 0. The highest BCUT2D eigenvalue weighted by Gasteiger charge is 2.36. The fourth-order valence-electron chi connectivity index (χ4n) is 3.40. The maximum absolute atomic E-state index is 11.3. The van der Waals surface area contributed by atoms with E-state index in [-0.39, 0.29) is 10.6 Å². The predicted molar refractivity (Wildman–Crippen MR) is 80.1 cm³/mol. The number of hydrazine groups is 1. The van der Waals surface area contributed by atoms with Crippen LogP contribution in [0.15, 0.2) is 12.1 Å². The second kappa shape index (κ2) is 5.45. The number of nitrogens with two attached hydrogens (primary N) is 1. The Hall–Kier alpha value is -1.93. The van der Waals surface area contributed by atoms with Crippen molar-refractivity contribution in [1.82, 2.24) is 9.88 Å². The molecule has 3 rings (SSSR count). The number of nitrogens with zero attached hydrogens (tertiary/aromatic N) is 4. The normalized spacial score (nSPS) is 25.7. The monoisotopic (exact) mass is 292 g/mol. The van der Waals surface area contributed by atoms with E-state index in [4.69, 9.17) is 5.84 Å². The van der Waals surface area contributed by atoms with Crippen LogP contribution in [0.3, 0.4) is 0 Å². The molecule has 8 nitrogen and oxygen atoms in total. The summed E-state index contributed by atoms with van der Waals surface area (Å²) in [6, 6.07) is 4.01. The number of hydrogen-bond acceptors (Lipinski definition) is 7. The van der Waals surface area contributed by atoms with Crippen LogP contribution in [0.2, 0.25) is 0 Å². The van der Waals surface area contributed by atoms with Gasteiger partial charge in [0, 0.05) is 31.2 Å². The minimum absolute atomic E-state index is 0.0365. The Balaban J connectivity index is 1.93. The molecule has 1 aromatic rings. The molecule has 0 spiro atoms. The zero-order valence-electron chi connectivity index (χ0n) is 12.0. The predicted octanol–water partition coefficient (Wildman–Crippen LogP) is 0.948. The van der Waals surface area contributed by atoms with Gasteiger partial charge in [0.15, 0.2) is 0 Å². The Morgan fingerprint density at radius 2 is 2.14 bits per heavy atom. The number of likely N-dealkylation sites (N-methyl/N-ethyl adjacent to an activating group) is 1. The van der Waals surface area contributed by atoms with Gasteiger partial charge in [0.1, 0.15) is 5.82 Å². The Kier molecular flexibility index (Phi) is 3.64. The first-order valence-electron chi connectivity index (χ1n) is 7.19. The molecule has 0 radical (unpaired) electrons. The molecule has 2 unspecified atom stereocenters. The summed E-state index contributed by atoms with van der Waals surface area (Å²) in [5, 5.41) is 11.3. The molecular formula is C13H20N6O2. The van der Waals surface area contributed by atoms with Gasteiger partial charge in [-0.15, -0.1) is 0 Å². The second-order valence-electron chi connectivity index (χ2n) is 5.73. The van der Waals surface area contributed by atoms with E-state index in [0.717, 1.165) is 25.9 Å². The smallest absolute Gasteiger partial charge is 0.311 e. The summed E-state index contributed by atoms with van der Waals surface area (Å²) in [6.45, 7) is 1.56. The van der Waals surface area contributed by atoms with Gasteiger partial charge in [-0.2, -0.15) is 0 Å². The Bertz CT molecular complexity index is 551. The first-order valence-corrected chi connectivity index (χ1v) is 7.19. The lowest BCUT2D eigenvalue weighted by Gasteiger charge is -2.26. The van der Waals surface area contributed by atoms with Crippen LogP contribution in [0.25, 0.3) is 0 Å². The Morgan fingerprint density at radius 1 is 1.38 bits per heavy atom. The molecule has 3 N–H and O–H groups in total. The molecular weight excluding hydrogens is 272 g/mol. The van der Waals surface area contributed by atoms with Gasteiger partial charge in [-0.1, -0.05) is 0 Å². The molecule has 2 atom stereocenters. The molecule has 0 amide bonds. The highest BCUT2D eigenvalue weighted by atomic mass is 16.6. The lowest BCUT2D eigenvalue weighted by atomic mass is 10.1. The van der Waals surface area contributed by atoms with E-state index >= 15 is 0 Å². The lowest BCUT2D eigenvalue weighted by molar-refractivity contribution is -0.384. The van der Waals surface area contributed by atoms with Gasteiger partial charge < -0.3 is 10.3 Å². The van der Waals surface area contributed by atoms with Crippen LogP contribution in [0, 0.1) is 10.1 Å². The summed E-state index contributed by atoms with van der Waals surface area (Å²) in [6.07, 6.45) is 3.36. The summed E-state index contributed by atoms with van der Waals surface area (Å²) in [7, 11) is 2.14. The number of anilines is 2. The van der Waals surface area contributed by atoms with E-state index in [1.807, 2.05) is 4.90 Å². The zero-order valence-corrected chi connectivity index (χ0v) is 12.0. The third-order valence-corrected chi connectivity index (χ3v) is 4.65. The fourth-order valence-corrected chi connectivity index (χ4v) is 3.40. The summed E-state index contributed by atoms with van der Waals surface area (Å²) in [5.74, 6) is 6.24. The fraction of sp³-hybridized carbons (Fsp3) is 0.615. The van der Waals surface area contributed by atoms with E-state index in [1.165, 1.54) is 18.6 Å². The first-order chi connectivity index (χ1) is 10.1. The standard InChI is InChI=1S/C13H20N6O2/c1-17-9-2-3-10(17)8-18(7-6-9)13-11(19(20)21)4-5-12(15-13)16-14/h4-5,9-10H,2-3,6-8,14H2,1H3,(H,15,16). The number of rotatable bonds is 3. The zero-order chi connectivity index (χ0) is 15.0. The van der Waals surface area contributed by atoms with Crippen LogP contribution in [-0.2, 0) is 0 Å². The quantitative estimate of drug-likeness (QED) is 0.486. The van der Waals surface area contributed by atoms with Crippen molar-refractivity contribution in [2.45, 2.75) is 31.3 Å². The third kappa shape index (κ3) is 2.52. The van der Waals surface area contributed by atoms with Crippen LogP contribution in [-0.4, -0.2) is 47.0 Å². The van der Waals surface area contributed by atoms with Gasteiger partial charge in [0.2, 0.25) is 5.82 Å². The average Bonchev–Trinajstić information content (AvgIpc) is 2.71. The van der Waals surface area contributed by atoms with Crippen molar-refractivity contribution in [3.8, 4) is 0 Å². The number of hydrogen-bond donors (Lipinski definition) is 2. The maximum Gasteiger partial charge on any atom is 0.311 e. The van der Waals surface area contributed by atoms with Gasteiger partial charge >= 0.3 is 5.69 Å². The number of fused-ring (bicyclic) bond motifs is 2. The summed E-state index contributed by atoms with van der Waals surface area (Å²) in [4.78, 5) is 19.6. The molecule has 0 aliphatic carbocycles. The van der Waals surface area contributed by atoms with Crippen molar-refractivity contribution in [1.29, 1.82) is 0 Å². The molecule has 2 fully saturated rings. The third-order valence-electron chi connectivity index (χ3n) is 4.65. The number of nitrogens with one attached hydrogen (secondary N) is 1. The molecule has 3 heterocycles. The summed E-state index contributed by atoms with van der Waals surface area (Å²) in [5.41, 5.74) is 2.50. The molecule has 0 aromatic carbocycles. The average molecular weight is 292 g/mol. The summed E-state index contributed by atoms with van der Waals surface area (Å²) < 4.78 is 0. The van der Waals surface area contributed by atoms with Crippen molar-refractivity contribution in [2.75, 3.05) is 30.5 Å². The largest absolute Gasteiger partial charge is 0.349 e. The van der Waals surface area contributed by atoms with Crippen molar-refractivity contribution < 1.29 is 4.92 Å². The minimum Gasteiger partial charge on any atom is -0.349 e. The second-order valence-corrected chi connectivity index (χ2v) is 5.73. The lowest BCUT2D eigenvalue weighted by Crippen LogP contribution is -2.37. The molecule has 0 saturated carbocycles. The Morgan fingerprint density at radius 3 is 2.86 bits per heavy atom. The highest BCUT2D eigenvalue weighted by Crippen LogP contribution is 2.34. The van der Waals surface area contributed by atoms with Gasteiger partial charge in [-0.05, 0) is 32.4 Å². The van der Waals surface area contributed by atoms with Crippen LogP contribution < -0.4 is 16.2 Å². The van der Waals surface area contributed by atoms with Crippen molar-refractivity contribution in [3.05, 3.63) is 22.2 Å². The Labute approximate surface area is 123 Å². The number of pyridine rings is 1. The molecule has 2 aliphatic heterocycles. The molecule has 2 bridgehead atoms. The molecule has 2 saturated heterocycles. The number of aromatic nitrogens is 1. The minimum atomic E-state index is -0.379. The first kappa shape index (κ1) is 14.0. The van der Waals surface area contributed by atoms with E-state index in [2.05, 4.69) is 22.4 Å². The van der Waals surface area contributed by atoms with Crippen LogP contribution in [0.4, 0.5) is 17.3 Å². The highest BCUT2D eigenvalue weighted by molar-refractivity contribution is 5.62. The van der Waals surface area contributed by atoms with E-state index < -0.39 is 0 Å². The molecule has 21 heavy (non-hydrogen) atoms. The van der Waals surface area contributed by atoms with Crippen molar-refractivity contribution in [2.24, 2.45) is 5.84 Å². The van der Waals surface area contributed by atoms with Crippen LogP contribution >= 0.6 is 0 Å². The molecule has 1 aromatic heterocycles. The van der Waals surface area contributed by atoms with Crippen molar-refractivity contribution in [3.63, 3.8) is 0 Å². The van der Waals surface area contributed by atoms with Gasteiger partial charge in [0.05, 0.1) is 4.92 Å². The molecule has 114 valence electrons. The maximum atomic E-state index is 11.3. The SMILES string of the molecule is CN1C2CCC1CN(c1nc(NN)ccc1[N+](=O)[O-])CC2. The van der Waals surface area contributed by atoms with Crippen molar-refractivity contribution >= 4 is 17.3 Å². The number of nitrogen functional groups attached to an aromatic ring is 1. The number of nitro groups is 1. The van der Waals surface area contributed by atoms with E-state index in [1.54, 1.807) is 0 Å². The van der Waals surface area contributed by atoms with Gasteiger partial charge in [-0.3, -0.25) is 15.0 Å². The van der Waals surface area contributed by atoms with Crippen LogP contribution in [0.5, 0.6) is 0 Å². The molecule has 8 heteroatoms. The van der Waals surface area contributed by atoms with E-state index in [0.29, 0.717) is 23.7 Å². The topological polar surface area (TPSA) is 101 Å².